The van der Waals surface area contributed by atoms with Crippen LogP contribution in [0.1, 0.15) is 12.8 Å². The van der Waals surface area contributed by atoms with Crippen molar-refractivity contribution in [3.05, 3.63) is 36.7 Å². The van der Waals surface area contributed by atoms with Gasteiger partial charge in [0.25, 0.3) is 0 Å². The van der Waals surface area contributed by atoms with Crippen molar-refractivity contribution in [2.75, 3.05) is 11.9 Å². The minimum absolute atomic E-state index is 0.00575. The highest BCUT2D eigenvalue weighted by molar-refractivity contribution is 5.91. The molecule has 100 valence electrons. The maximum absolute atomic E-state index is 11.6. The van der Waals surface area contributed by atoms with E-state index in [1.54, 1.807) is 10.9 Å². The number of benzene rings is 1. The van der Waals surface area contributed by atoms with Gasteiger partial charge < -0.3 is 11.1 Å². The Morgan fingerprint density at radius 1 is 1.42 bits per heavy atom. The van der Waals surface area contributed by atoms with Crippen molar-refractivity contribution >= 4 is 11.6 Å². The summed E-state index contributed by atoms with van der Waals surface area (Å²) in [6.45, 7) is 0.531. The molecule has 5 heteroatoms. The molecule has 0 aliphatic rings. The molecule has 0 spiro atoms. The van der Waals surface area contributed by atoms with Crippen LogP contribution in [0.3, 0.4) is 0 Å². The number of hydrogen-bond acceptors (Lipinski definition) is 3. The van der Waals surface area contributed by atoms with Crippen LogP contribution in [0.4, 0.5) is 5.69 Å². The molecule has 2 aromatic rings. The van der Waals surface area contributed by atoms with Gasteiger partial charge in [0.1, 0.15) is 0 Å². The molecular weight excluding hydrogens is 240 g/mol. The molecule has 0 bridgehead atoms. The molecule has 2 rings (SSSR count). The van der Waals surface area contributed by atoms with Crippen molar-refractivity contribution in [1.29, 1.82) is 0 Å². The Morgan fingerprint density at radius 3 is 2.95 bits per heavy atom. The number of nitrogens with one attached hydrogen (secondary N) is 1. The van der Waals surface area contributed by atoms with E-state index < -0.39 is 0 Å². The largest absolute Gasteiger partial charge is 0.330 e. The van der Waals surface area contributed by atoms with Gasteiger partial charge in [-0.3, -0.25) is 9.48 Å². The molecule has 3 N–H and O–H groups in total. The van der Waals surface area contributed by atoms with Crippen LogP contribution in [-0.2, 0) is 11.8 Å². The third-order valence-corrected chi connectivity index (χ3v) is 2.79. The summed E-state index contributed by atoms with van der Waals surface area (Å²) < 4.78 is 1.75. The SMILES string of the molecule is Cn1cc(-c2cccc(NC(=O)CCCN)c2)cn1. The lowest BCUT2D eigenvalue weighted by Gasteiger charge is -2.06. The van der Waals surface area contributed by atoms with E-state index in [9.17, 15) is 4.79 Å². The van der Waals surface area contributed by atoms with Crippen LogP contribution in [0.15, 0.2) is 36.7 Å². The number of hydrogen-bond donors (Lipinski definition) is 2. The molecule has 0 aliphatic carbocycles. The third kappa shape index (κ3) is 3.66. The number of aromatic nitrogens is 2. The van der Waals surface area contributed by atoms with Crippen LogP contribution in [-0.4, -0.2) is 22.2 Å². The van der Waals surface area contributed by atoms with E-state index in [0.717, 1.165) is 16.8 Å². The number of carbonyl (C=O) groups excluding carboxylic acids is 1. The first-order valence-corrected chi connectivity index (χ1v) is 6.28. The van der Waals surface area contributed by atoms with E-state index in [0.29, 0.717) is 19.4 Å². The van der Waals surface area contributed by atoms with Gasteiger partial charge in [-0.05, 0) is 30.7 Å². The fourth-order valence-corrected chi connectivity index (χ4v) is 1.83. The lowest BCUT2D eigenvalue weighted by molar-refractivity contribution is -0.116. The van der Waals surface area contributed by atoms with Crippen molar-refractivity contribution in [3.63, 3.8) is 0 Å². The molecule has 0 saturated heterocycles. The standard InChI is InChI=1S/C14H18N4O/c1-18-10-12(9-16-18)11-4-2-5-13(8-11)17-14(19)6-3-7-15/h2,4-5,8-10H,3,6-7,15H2,1H3,(H,17,19). The Hall–Kier alpha value is -2.14. The van der Waals surface area contributed by atoms with E-state index >= 15 is 0 Å². The number of amides is 1. The smallest absolute Gasteiger partial charge is 0.224 e. The van der Waals surface area contributed by atoms with Gasteiger partial charge in [0.15, 0.2) is 0 Å². The lowest BCUT2D eigenvalue weighted by Crippen LogP contribution is -2.13. The first kappa shape index (κ1) is 13.3. The van der Waals surface area contributed by atoms with Gasteiger partial charge in [-0.15, -0.1) is 0 Å². The van der Waals surface area contributed by atoms with Gasteiger partial charge in [-0.2, -0.15) is 5.10 Å². The molecule has 1 aromatic carbocycles. The predicted molar refractivity (Wildman–Crippen MR) is 75.6 cm³/mol. The minimum atomic E-state index is -0.00575. The Kier molecular flexibility index (Phi) is 4.30. The molecule has 0 unspecified atom stereocenters. The van der Waals surface area contributed by atoms with Gasteiger partial charge in [0.05, 0.1) is 6.20 Å². The van der Waals surface area contributed by atoms with Crippen molar-refractivity contribution in [2.24, 2.45) is 12.8 Å². The molecule has 1 heterocycles. The molecular formula is C14H18N4O. The van der Waals surface area contributed by atoms with Gasteiger partial charge in [0, 0.05) is 30.9 Å². The van der Waals surface area contributed by atoms with Crippen LogP contribution in [0.2, 0.25) is 0 Å². The summed E-state index contributed by atoms with van der Waals surface area (Å²) in [4.78, 5) is 11.6. The second kappa shape index (κ2) is 6.15. The average molecular weight is 258 g/mol. The zero-order chi connectivity index (χ0) is 13.7. The monoisotopic (exact) mass is 258 g/mol. The normalized spacial score (nSPS) is 10.4. The van der Waals surface area contributed by atoms with Crippen LogP contribution in [0.25, 0.3) is 11.1 Å². The molecule has 1 aromatic heterocycles. The van der Waals surface area contributed by atoms with Gasteiger partial charge in [0.2, 0.25) is 5.91 Å². The maximum Gasteiger partial charge on any atom is 0.224 e. The molecule has 1 amide bonds. The molecule has 0 fully saturated rings. The van der Waals surface area contributed by atoms with Crippen LogP contribution in [0.5, 0.6) is 0 Å². The molecule has 0 atom stereocenters. The summed E-state index contributed by atoms with van der Waals surface area (Å²) >= 11 is 0. The minimum Gasteiger partial charge on any atom is -0.330 e. The van der Waals surface area contributed by atoms with Crippen molar-refractivity contribution < 1.29 is 4.79 Å². The number of aryl methyl sites for hydroxylation is 1. The van der Waals surface area contributed by atoms with Crippen LogP contribution < -0.4 is 11.1 Å². The second-order valence-corrected chi connectivity index (χ2v) is 4.42. The van der Waals surface area contributed by atoms with Gasteiger partial charge in [-0.25, -0.2) is 0 Å². The number of rotatable bonds is 5. The summed E-state index contributed by atoms with van der Waals surface area (Å²) in [7, 11) is 1.88. The number of nitrogens with two attached hydrogens (primary N) is 1. The zero-order valence-electron chi connectivity index (χ0n) is 11.0. The number of anilines is 1. The first-order chi connectivity index (χ1) is 9.19. The number of nitrogens with zero attached hydrogens (tertiary/aromatic N) is 2. The average Bonchev–Trinajstić information content (AvgIpc) is 2.83. The summed E-state index contributed by atoms with van der Waals surface area (Å²) in [6.07, 6.45) is 4.90. The van der Waals surface area contributed by atoms with Crippen LogP contribution in [0, 0.1) is 0 Å². The van der Waals surface area contributed by atoms with Gasteiger partial charge in [-0.1, -0.05) is 12.1 Å². The van der Waals surface area contributed by atoms with E-state index in [1.165, 1.54) is 0 Å². The summed E-state index contributed by atoms with van der Waals surface area (Å²) in [5.41, 5.74) is 8.24. The lowest BCUT2D eigenvalue weighted by atomic mass is 10.1. The van der Waals surface area contributed by atoms with Crippen molar-refractivity contribution in [1.82, 2.24) is 9.78 Å². The van der Waals surface area contributed by atoms with Crippen LogP contribution >= 0.6 is 0 Å². The maximum atomic E-state index is 11.6. The summed E-state index contributed by atoms with van der Waals surface area (Å²) in [5, 5.41) is 7.01. The Labute approximate surface area is 112 Å². The topological polar surface area (TPSA) is 72.9 Å². The second-order valence-electron chi connectivity index (χ2n) is 4.42. The summed E-state index contributed by atoms with van der Waals surface area (Å²) in [5.74, 6) is -0.00575. The fraction of sp³-hybridized carbons (Fsp3) is 0.286. The zero-order valence-corrected chi connectivity index (χ0v) is 11.0. The summed E-state index contributed by atoms with van der Waals surface area (Å²) in [6, 6.07) is 7.73. The van der Waals surface area contributed by atoms with Crippen molar-refractivity contribution in [2.45, 2.75) is 12.8 Å². The van der Waals surface area contributed by atoms with Gasteiger partial charge >= 0.3 is 0 Å². The molecule has 0 radical (unpaired) electrons. The van der Waals surface area contributed by atoms with E-state index in [2.05, 4.69) is 10.4 Å². The van der Waals surface area contributed by atoms with Crippen molar-refractivity contribution in [3.8, 4) is 11.1 Å². The highest BCUT2D eigenvalue weighted by atomic mass is 16.1. The van der Waals surface area contributed by atoms with E-state index in [4.69, 9.17) is 5.73 Å². The molecule has 19 heavy (non-hydrogen) atoms. The number of carbonyl (C=O) groups is 1. The highest BCUT2D eigenvalue weighted by Crippen LogP contribution is 2.22. The Morgan fingerprint density at radius 2 is 2.26 bits per heavy atom. The molecule has 0 saturated carbocycles. The Balaban J connectivity index is 2.09. The van der Waals surface area contributed by atoms with E-state index in [-0.39, 0.29) is 5.91 Å². The Bertz CT molecular complexity index is 562. The third-order valence-electron chi connectivity index (χ3n) is 2.79. The molecule has 0 aliphatic heterocycles. The highest BCUT2D eigenvalue weighted by Gasteiger charge is 2.04. The first-order valence-electron chi connectivity index (χ1n) is 6.28. The quantitative estimate of drug-likeness (QED) is 0.858. The fourth-order valence-electron chi connectivity index (χ4n) is 1.83. The molecule has 5 nitrogen and oxygen atoms in total. The predicted octanol–water partition coefficient (Wildman–Crippen LogP) is 1.76. The van der Waals surface area contributed by atoms with E-state index in [1.807, 2.05) is 37.5 Å².